The Balaban J connectivity index is 2.72. The van der Waals surface area contributed by atoms with Crippen molar-refractivity contribution in [2.24, 2.45) is 5.92 Å². The molecule has 1 fully saturated rings. The number of ether oxygens (including phenoxy) is 1. The zero-order chi connectivity index (χ0) is 8.65. The molecule has 0 radical (unpaired) electrons. The summed E-state index contributed by atoms with van der Waals surface area (Å²) in [6, 6.07) is 0. The van der Waals surface area contributed by atoms with Crippen molar-refractivity contribution in [1.29, 1.82) is 0 Å². The van der Waals surface area contributed by atoms with Crippen molar-refractivity contribution in [3.8, 4) is 0 Å². The van der Waals surface area contributed by atoms with E-state index in [-0.39, 0.29) is 17.8 Å². The van der Waals surface area contributed by atoms with Crippen LogP contribution >= 0.6 is 0 Å². The van der Waals surface area contributed by atoms with Gasteiger partial charge in [0.05, 0.1) is 13.0 Å². The summed E-state index contributed by atoms with van der Waals surface area (Å²) in [7, 11) is 1.31. The van der Waals surface area contributed by atoms with Crippen LogP contribution in [0.5, 0.6) is 0 Å². The minimum Gasteiger partial charge on any atom is -0.467 e. The van der Waals surface area contributed by atoms with E-state index in [1.807, 2.05) is 0 Å². The van der Waals surface area contributed by atoms with Gasteiger partial charge in [-0.25, -0.2) is 4.79 Å². The van der Waals surface area contributed by atoms with Gasteiger partial charge >= 0.3 is 5.97 Å². The van der Waals surface area contributed by atoms with Gasteiger partial charge in [0.15, 0.2) is 0 Å². The minimum absolute atomic E-state index is 0.0992. The first-order valence-electron chi connectivity index (χ1n) is 3.43. The van der Waals surface area contributed by atoms with E-state index in [1.165, 1.54) is 7.11 Å². The van der Waals surface area contributed by atoms with E-state index in [0.717, 1.165) is 0 Å². The second kappa shape index (κ2) is 2.22. The first kappa shape index (κ1) is 8.04. The van der Waals surface area contributed by atoms with Crippen LogP contribution in [-0.2, 0) is 14.3 Å². The number of carbonyl (C=O) groups excluding carboxylic acids is 2. The van der Waals surface area contributed by atoms with Crippen LogP contribution in [0.3, 0.4) is 0 Å². The topological polar surface area (TPSA) is 55.4 Å². The smallest absolute Gasteiger partial charge is 0.332 e. The lowest BCUT2D eigenvalue weighted by atomic mass is 9.78. The van der Waals surface area contributed by atoms with Gasteiger partial charge in [0.2, 0.25) is 5.91 Å². The lowest BCUT2D eigenvalue weighted by molar-refractivity contribution is -0.163. The molecule has 4 nitrogen and oxygen atoms in total. The van der Waals surface area contributed by atoms with E-state index >= 15 is 0 Å². The molecule has 62 valence electrons. The maximum Gasteiger partial charge on any atom is 0.332 e. The summed E-state index contributed by atoms with van der Waals surface area (Å²) in [5, 5.41) is 2.51. The zero-order valence-electron chi connectivity index (χ0n) is 6.80. The van der Waals surface area contributed by atoms with Gasteiger partial charge in [0.1, 0.15) is 5.54 Å². The summed E-state index contributed by atoms with van der Waals surface area (Å²) in [4.78, 5) is 21.8. The Hall–Kier alpha value is -1.06. The maximum atomic E-state index is 11.0. The Kier molecular flexibility index (Phi) is 1.62. The predicted octanol–water partition coefficient (Wildman–Crippen LogP) is -0.316. The molecule has 1 heterocycles. The fraction of sp³-hybridized carbons (Fsp3) is 0.714. The molecule has 1 saturated heterocycles. The molecule has 0 unspecified atom stereocenters. The monoisotopic (exact) mass is 157 g/mol. The molecule has 1 amide bonds. The summed E-state index contributed by atoms with van der Waals surface area (Å²) >= 11 is 0. The lowest BCUT2D eigenvalue weighted by Crippen LogP contribution is -2.70. The van der Waals surface area contributed by atoms with Gasteiger partial charge in [-0.05, 0) is 6.92 Å². The fourth-order valence-corrected chi connectivity index (χ4v) is 1.10. The van der Waals surface area contributed by atoms with Crippen molar-refractivity contribution in [2.45, 2.75) is 19.4 Å². The van der Waals surface area contributed by atoms with Crippen molar-refractivity contribution >= 4 is 11.9 Å². The highest BCUT2D eigenvalue weighted by molar-refractivity contribution is 6.00. The number of esters is 1. The van der Waals surface area contributed by atoms with Gasteiger partial charge < -0.3 is 10.1 Å². The first-order valence-corrected chi connectivity index (χ1v) is 3.43. The largest absolute Gasteiger partial charge is 0.467 e. The van der Waals surface area contributed by atoms with Crippen molar-refractivity contribution in [2.75, 3.05) is 7.11 Å². The molecule has 0 aromatic rings. The molecule has 0 aromatic carbocycles. The maximum absolute atomic E-state index is 11.0. The molecule has 0 aromatic heterocycles. The van der Waals surface area contributed by atoms with E-state index < -0.39 is 5.54 Å². The molecule has 0 saturated carbocycles. The van der Waals surface area contributed by atoms with Crippen LogP contribution in [0.25, 0.3) is 0 Å². The number of β-lactam (4-membered cyclic amide) rings is 1. The average Bonchev–Trinajstić information content (AvgIpc) is 2.02. The molecule has 2 atom stereocenters. The Morgan fingerprint density at radius 1 is 1.73 bits per heavy atom. The third kappa shape index (κ3) is 0.895. The third-order valence-electron chi connectivity index (χ3n) is 2.25. The van der Waals surface area contributed by atoms with Gasteiger partial charge in [-0.2, -0.15) is 0 Å². The molecular formula is C7H11NO3. The number of hydrogen-bond donors (Lipinski definition) is 1. The van der Waals surface area contributed by atoms with E-state index in [1.54, 1.807) is 13.8 Å². The number of amides is 1. The van der Waals surface area contributed by atoms with Crippen molar-refractivity contribution in [3.63, 3.8) is 0 Å². The minimum atomic E-state index is -0.800. The van der Waals surface area contributed by atoms with Gasteiger partial charge in [0, 0.05) is 0 Å². The summed E-state index contributed by atoms with van der Waals surface area (Å²) in [5.41, 5.74) is -0.800. The SMILES string of the molecule is COC(=O)[C@]1(C)NC(=O)[C@@H]1C. The fourth-order valence-electron chi connectivity index (χ4n) is 1.10. The van der Waals surface area contributed by atoms with Crippen molar-refractivity contribution < 1.29 is 14.3 Å². The van der Waals surface area contributed by atoms with E-state index in [0.29, 0.717) is 0 Å². The summed E-state index contributed by atoms with van der Waals surface area (Å²) in [5.74, 6) is -0.766. The number of methoxy groups -OCH3 is 1. The van der Waals surface area contributed by atoms with Crippen molar-refractivity contribution in [1.82, 2.24) is 5.32 Å². The predicted molar refractivity (Wildman–Crippen MR) is 37.7 cm³/mol. The summed E-state index contributed by atoms with van der Waals surface area (Å²) < 4.78 is 4.52. The Morgan fingerprint density at radius 3 is 2.55 bits per heavy atom. The van der Waals surface area contributed by atoms with Gasteiger partial charge in [-0.15, -0.1) is 0 Å². The Labute approximate surface area is 64.9 Å². The molecule has 0 aliphatic carbocycles. The number of hydrogen-bond acceptors (Lipinski definition) is 3. The van der Waals surface area contributed by atoms with Crippen LogP contribution < -0.4 is 5.32 Å². The third-order valence-corrected chi connectivity index (χ3v) is 2.25. The van der Waals surface area contributed by atoms with Gasteiger partial charge in [-0.3, -0.25) is 4.79 Å². The molecule has 0 spiro atoms. The molecule has 1 aliphatic heterocycles. The number of carbonyl (C=O) groups is 2. The van der Waals surface area contributed by atoms with Gasteiger partial charge in [-0.1, -0.05) is 6.92 Å². The molecule has 11 heavy (non-hydrogen) atoms. The Bertz CT molecular complexity index is 214. The molecule has 4 heteroatoms. The molecule has 1 rings (SSSR count). The van der Waals surface area contributed by atoms with Crippen LogP contribution in [0.15, 0.2) is 0 Å². The second-order valence-electron chi connectivity index (χ2n) is 2.90. The standard InChI is InChI=1S/C7H11NO3/c1-4-5(9)8-7(4,2)6(10)11-3/h4H,1-3H3,(H,8,9)/t4-,7+/m0/s1. The lowest BCUT2D eigenvalue weighted by Gasteiger charge is -2.42. The van der Waals surface area contributed by atoms with Crippen LogP contribution in [0.4, 0.5) is 0 Å². The number of rotatable bonds is 1. The van der Waals surface area contributed by atoms with Crippen LogP contribution in [-0.4, -0.2) is 24.5 Å². The van der Waals surface area contributed by atoms with Crippen LogP contribution in [0.2, 0.25) is 0 Å². The Morgan fingerprint density at radius 2 is 2.27 bits per heavy atom. The van der Waals surface area contributed by atoms with E-state index in [4.69, 9.17) is 0 Å². The highest BCUT2D eigenvalue weighted by Gasteiger charge is 2.53. The average molecular weight is 157 g/mol. The summed E-state index contributed by atoms with van der Waals surface area (Å²) in [6.45, 7) is 3.36. The highest BCUT2D eigenvalue weighted by atomic mass is 16.5. The number of nitrogens with one attached hydrogen (secondary N) is 1. The summed E-state index contributed by atoms with van der Waals surface area (Å²) in [6.07, 6.45) is 0. The molecule has 0 bridgehead atoms. The first-order chi connectivity index (χ1) is 5.02. The molecule has 1 aliphatic rings. The second-order valence-corrected chi connectivity index (χ2v) is 2.90. The van der Waals surface area contributed by atoms with E-state index in [9.17, 15) is 9.59 Å². The molecular weight excluding hydrogens is 146 g/mol. The van der Waals surface area contributed by atoms with Crippen LogP contribution in [0, 0.1) is 5.92 Å². The normalized spacial score (nSPS) is 35.5. The van der Waals surface area contributed by atoms with Crippen molar-refractivity contribution in [3.05, 3.63) is 0 Å². The molecule has 1 N–H and O–H groups in total. The van der Waals surface area contributed by atoms with Crippen LogP contribution in [0.1, 0.15) is 13.8 Å². The van der Waals surface area contributed by atoms with E-state index in [2.05, 4.69) is 10.1 Å². The quantitative estimate of drug-likeness (QED) is 0.419. The zero-order valence-corrected chi connectivity index (χ0v) is 6.80. The highest BCUT2D eigenvalue weighted by Crippen LogP contribution is 2.27. The van der Waals surface area contributed by atoms with Gasteiger partial charge in [0.25, 0.3) is 0 Å².